The van der Waals surface area contributed by atoms with Crippen LogP contribution in [-0.4, -0.2) is 38.9 Å². The number of nitrogens with zero attached hydrogens (tertiary/aromatic N) is 3. The largest absolute Gasteiger partial charge is 0.366 e. The molecule has 0 radical (unpaired) electrons. The highest BCUT2D eigenvalue weighted by molar-refractivity contribution is 5.98. The first-order valence-electron chi connectivity index (χ1n) is 9.00. The minimum atomic E-state index is -0.915. The third-order valence-corrected chi connectivity index (χ3v) is 4.95. The molecule has 148 valence electrons. The van der Waals surface area contributed by atoms with E-state index >= 15 is 0 Å². The minimum absolute atomic E-state index is 0.0156. The van der Waals surface area contributed by atoms with Gasteiger partial charge in [-0.05, 0) is 31.5 Å². The first-order valence-corrected chi connectivity index (χ1v) is 9.00. The van der Waals surface area contributed by atoms with E-state index in [2.05, 4.69) is 10.4 Å². The molecule has 3 amide bonds. The predicted molar refractivity (Wildman–Crippen MR) is 99.6 cm³/mol. The molecule has 9 heteroatoms. The zero-order chi connectivity index (χ0) is 20.4. The molecule has 0 bridgehead atoms. The SMILES string of the molecule is CCN1C(=O)CCC(C(=O)Nc2ccc(F)c(C(N)=O)c2)C1c1cnn(C)c1. The fourth-order valence-corrected chi connectivity index (χ4v) is 3.63. The van der Waals surface area contributed by atoms with Crippen LogP contribution in [0.4, 0.5) is 10.1 Å². The van der Waals surface area contributed by atoms with Gasteiger partial charge in [0.15, 0.2) is 0 Å². The number of nitrogens with two attached hydrogens (primary N) is 1. The number of halogens is 1. The second kappa shape index (κ2) is 7.79. The third-order valence-electron chi connectivity index (χ3n) is 4.95. The first-order chi connectivity index (χ1) is 13.3. The molecular weight excluding hydrogens is 365 g/mol. The summed E-state index contributed by atoms with van der Waals surface area (Å²) >= 11 is 0. The molecule has 0 saturated carbocycles. The van der Waals surface area contributed by atoms with Gasteiger partial charge in [0.05, 0.1) is 23.7 Å². The lowest BCUT2D eigenvalue weighted by molar-refractivity contribution is -0.141. The molecular formula is C19H22FN5O3. The Hall–Kier alpha value is -3.23. The van der Waals surface area contributed by atoms with E-state index in [-0.39, 0.29) is 29.5 Å². The number of hydrogen-bond donors (Lipinski definition) is 2. The number of amides is 3. The molecule has 1 aromatic heterocycles. The van der Waals surface area contributed by atoms with E-state index in [9.17, 15) is 18.8 Å². The van der Waals surface area contributed by atoms with E-state index in [0.29, 0.717) is 13.0 Å². The standard InChI is InChI=1S/C19H22FN5O3/c1-3-25-16(26)7-5-13(17(25)11-9-22-24(2)10-11)19(28)23-12-4-6-15(20)14(8-12)18(21)27/h4,6,8-10,13,17H,3,5,7H2,1-2H3,(H2,21,27)(H,23,28). The van der Waals surface area contributed by atoms with Crippen molar-refractivity contribution in [3.05, 3.63) is 47.5 Å². The van der Waals surface area contributed by atoms with Crippen LogP contribution < -0.4 is 11.1 Å². The number of piperidine rings is 1. The van der Waals surface area contributed by atoms with Gasteiger partial charge in [0.2, 0.25) is 11.8 Å². The van der Waals surface area contributed by atoms with Crippen LogP contribution in [-0.2, 0) is 16.6 Å². The van der Waals surface area contributed by atoms with E-state index in [1.54, 1.807) is 29.0 Å². The molecule has 0 spiro atoms. The Morgan fingerprint density at radius 1 is 1.39 bits per heavy atom. The van der Waals surface area contributed by atoms with Crippen molar-refractivity contribution in [3.8, 4) is 0 Å². The Labute approximate surface area is 161 Å². The van der Waals surface area contributed by atoms with Crippen molar-refractivity contribution in [2.75, 3.05) is 11.9 Å². The molecule has 3 rings (SSSR count). The van der Waals surface area contributed by atoms with Gasteiger partial charge in [-0.3, -0.25) is 19.1 Å². The number of nitrogens with one attached hydrogen (secondary N) is 1. The lowest BCUT2D eigenvalue weighted by Crippen LogP contribution is -2.46. The lowest BCUT2D eigenvalue weighted by atomic mass is 9.84. The second-order valence-corrected chi connectivity index (χ2v) is 6.77. The molecule has 1 aromatic carbocycles. The van der Waals surface area contributed by atoms with Crippen LogP contribution >= 0.6 is 0 Å². The van der Waals surface area contributed by atoms with Gasteiger partial charge in [0, 0.05) is 37.5 Å². The third kappa shape index (κ3) is 3.73. The van der Waals surface area contributed by atoms with Crippen LogP contribution in [0.5, 0.6) is 0 Å². The van der Waals surface area contributed by atoms with Crippen LogP contribution in [0.15, 0.2) is 30.6 Å². The summed E-state index contributed by atoms with van der Waals surface area (Å²) < 4.78 is 15.3. The monoisotopic (exact) mass is 387 g/mol. The number of aromatic nitrogens is 2. The Kier molecular flexibility index (Phi) is 5.43. The van der Waals surface area contributed by atoms with Crippen LogP contribution in [0.3, 0.4) is 0 Å². The fourth-order valence-electron chi connectivity index (χ4n) is 3.63. The van der Waals surface area contributed by atoms with E-state index in [0.717, 1.165) is 11.6 Å². The van der Waals surface area contributed by atoms with Crippen molar-refractivity contribution in [2.24, 2.45) is 18.7 Å². The molecule has 2 atom stereocenters. The molecule has 3 N–H and O–H groups in total. The Morgan fingerprint density at radius 3 is 2.75 bits per heavy atom. The number of benzene rings is 1. The zero-order valence-corrected chi connectivity index (χ0v) is 15.7. The maximum absolute atomic E-state index is 13.7. The maximum Gasteiger partial charge on any atom is 0.251 e. The Balaban J connectivity index is 1.89. The number of carbonyl (C=O) groups is 3. The smallest absolute Gasteiger partial charge is 0.251 e. The number of hydrogen-bond acceptors (Lipinski definition) is 4. The minimum Gasteiger partial charge on any atom is -0.366 e. The molecule has 2 aromatic rings. The van der Waals surface area contributed by atoms with Crippen molar-refractivity contribution in [1.29, 1.82) is 0 Å². The van der Waals surface area contributed by atoms with Crippen molar-refractivity contribution >= 4 is 23.4 Å². The van der Waals surface area contributed by atoms with Crippen LogP contribution in [0.2, 0.25) is 0 Å². The van der Waals surface area contributed by atoms with Gasteiger partial charge in [-0.1, -0.05) is 0 Å². The first kappa shape index (κ1) is 19.5. The van der Waals surface area contributed by atoms with Crippen LogP contribution in [0.1, 0.15) is 41.7 Å². The van der Waals surface area contributed by atoms with Crippen molar-refractivity contribution in [1.82, 2.24) is 14.7 Å². The summed E-state index contributed by atoms with van der Waals surface area (Å²) in [6.45, 7) is 2.32. The van der Waals surface area contributed by atoms with E-state index in [4.69, 9.17) is 5.73 Å². The molecule has 0 aliphatic carbocycles. The van der Waals surface area contributed by atoms with Crippen LogP contribution in [0.25, 0.3) is 0 Å². The number of carbonyl (C=O) groups excluding carboxylic acids is 3. The van der Waals surface area contributed by atoms with Gasteiger partial charge >= 0.3 is 0 Å². The highest BCUT2D eigenvalue weighted by Gasteiger charge is 2.40. The molecule has 28 heavy (non-hydrogen) atoms. The normalized spacial score (nSPS) is 19.5. The molecule has 2 unspecified atom stereocenters. The quantitative estimate of drug-likeness (QED) is 0.812. The second-order valence-electron chi connectivity index (χ2n) is 6.77. The van der Waals surface area contributed by atoms with Gasteiger partial charge in [-0.2, -0.15) is 5.10 Å². The molecule has 1 aliphatic heterocycles. The maximum atomic E-state index is 13.7. The van der Waals surface area contributed by atoms with Gasteiger partial charge in [-0.25, -0.2) is 4.39 Å². The Bertz CT molecular complexity index is 926. The molecule has 1 fully saturated rings. The summed E-state index contributed by atoms with van der Waals surface area (Å²) in [4.78, 5) is 38.4. The van der Waals surface area contributed by atoms with Gasteiger partial charge in [0.25, 0.3) is 5.91 Å². The van der Waals surface area contributed by atoms with E-state index < -0.39 is 23.7 Å². The average Bonchev–Trinajstić information content (AvgIpc) is 3.08. The number of likely N-dealkylation sites (tertiary alicyclic amines) is 1. The van der Waals surface area contributed by atoms with Gasteiger partial charge in [-0.15, -0.1) is 0 Å². The summed E-state index contributed by atoms with van der Waals surface area (Å²) in [5.74, 6) is -2.51. The van der Waals surface area contributed by atoms with Crippen molar-refractivity contribution in [2.45, 2.75) is 25.8 Å². The summed E-state index contributed by atoms with van der Waals surface area (Å²) in [5, 5.41) is 6.88. The lowest BCUT2D eigenvalue weighted by Gasteiger charge is -2.39. The average molecular weight is 387 g/mol. The number of aryl methyl sites for hydroxylation is 1. The number of anilines is 1. The van der Waals surface area contributed by atoms with Gasteiger partial charge in [0.1, 0.15) is 5.82 Å². The molecule has 8 nitrogen and oxygen atoms in total. The zero-order valence-electron chi connectivity index (χ0n) is 15.7. The summed E-state index contributed by atoms with van der Waals surface area (Å²) in [5.41, 5.74) is 5.91. The molecule has 1 saturated heterocycles. The highest BCUT2D eigenvalue weighted by atomic mass is 19.1. The van der Waals surface area contributed by atoms with Gasteiger partial charge < -0.3 is 16.0 Å². The number of primary amides is 1. The fraction of sp³-hybridized carbons (Fsp3) is 0.368. The summed E-state index contributed by atoms with van der Waals surface area (Å²) in [6.07, 6.45) is 4.08. The molecule has 1 aliphatic rings. The van der Waals surface area contributed by atoms with E-state index in [1.165, 1.54) is 12.1 Å². The van der Waals surface area contributed by atoms with Crippen LogP contribution in [0, 0.1) is 11.7 Å². The number of rotatable bonds is 5. The predicted octanol–water partition coefficient (Wildman–Crippen LogP) is 1.60. The highest BCUT2D eigenvalue weighted by Crippen LogP contribution is 2.37. The Morgan fingerprint density at radius 2 is 2.14 bits per heavy atom. The van der Waals surface area contributed by atoms with Crippen molar-refractivity contribution < 1.29 is 18.8 Å². The summed E-state index contributed by atoms with van der Waals surface area (Å²) in [6, 6.07) is 3.21. The molecule has 2 heterocycles. The summed E-state index contributed by atoms with van der Waals surface area (Å²) in [7, 11) is 1.77. The van der Waals surface area contributed by atoms with E-state index in [1.807, 2.05) is 6.92 Å². The van der Waals surface area contributed by atoms with Crippen molar-refractivity contribution in [3.63, 3.8) is 0 Å². The topological polar surface area (TPSA) is 110 Å².